The Hall–Kier alpha value is -2.44. The molecule has 6 heteroatoms. The van der Waals surface area contributed by atoms with E-state index in [0.717, 1.165) is 39.0 Å². The van der Waals surface area contributed by atoms with Crippen LogP contribution in [-0.4, -0.2) is 27.1 Å². The fourth-order valence-electron chi connectivity index (χ4n) is 3.43. The molecule has 4 rings (SSSR count). The van der Waals surface area contributed by atoms with Crippen LogP contribution >= 0.6 is 23.1 Å². The molecule has 148 valence electrons. The van der Waals surface area contributed by atoms with Gasteiger partial charge in [-0.3, -0.25) is 4.98 Å². The first kappa shape index (κ1) is 19.9. The van der Waals surface area contributed by atoms with Crippen molar-refractivity contribution >= 4 is 39.0 Å². The highest BCUT2D eigenvalue weighted by Gasteiger charge is 2.26. The first-order valence-electron chi connectivity index (χ1n) is 9.68. The largest absolute Gasteiger partial charge is 0.264 e. The molecule has 1 aromatic carbocycles. The number of thioether (sulfide) groups is 1. The van der Waals surface area contributed by atoms with Crippen molar-refractivity contribution in [1.29, 1.82) is 0 Å². The third kappa shape index (κ3) is 4.00. The number of nitrogens with zero attached hydrogens (tertiary/aromatic N) is 4. The van der Waals surface area contributed by atoms with Gasteiger partial charge < -0.3 is 0 Å². The Morgan fingerprint density at radius 1 is 1.10 bits per heavy atom. The van der Waals surface area contributed by atoms with Gasteiger partial charge in [-0.15, -0.1) is 11.3 Å². The first-order valence-corrected chi connectivity index (χ1v) is 11.7. The lowest BCUT2D eigenvalue weighted by Gasteiger charge is -2.19. The van der Waals surface area contributed by atoms with Crippen LogP contribution in [0.15, 0.2) is 58.9 Å². The topological polar surface area (TPSA) is 40.9 Å². The molecule has 1 aliphatic rings. The second-order valence-corrected chi connectivity index (χ2v) is 8.87. The Balaban J connectivity index is 1.89. The van der Waals surface area contributed by atoms with Crippen molar-refractivity contribution in [1.82, 2.24) is 9.99 Å². The smallest absolute Gasteiger partial charge is 0.185 e. The molecule has 0 saturated heterocycles. The number of hydrogen-bond donors (Lipinski definition) is 0. The number of hydrazone groups is 1. The molecular formula is C23H24N4S2. The molecule has 0 unspecified atom stereocenters. The Morgan fingerprint density at radius 2 is 1.90 bits per heavy atom. The third-order valence-electron chi connectivity index (χ3n) is 4.99. The van der Waals surface area contributed by atoms with Crippen LogP contribution < -0.4 is 0 Å². The van der Waals surface area contributed by atoms with E-state index >= 15 is 0 Å². The predicted molar refractivity (Wildman–Crippen MR) is 126 cm³/mol. The number of fused-ring (bicyclic) bond motifs is 1. The molecule has 0 radical (unpaired) electrons. The van der Waals surface area contributed by atoms with Crippen molar-refractivity contribution < 1.29 is 0 Å². The summed E-state index contributed by atoms with van der Waals surface area (Å²) in [4.78, 5) is 10.7. The minimum atomic E-state index is 0.636. The van der Waals surface area contributed by atoms with Crippen molar-refractivity contribution in [3.63, 3.8) is 0 Å². The summed E-state index contributed by atoms with van der Waals surface area (Å²) < 4.78 is 0. The van der Waals surface area contributed by atoms with Gasteiger partial charge in [-0.05, 0) is 43.7 Å². The van der Waals surface area contributed by atoms with Crippen LogP contribution in [0, 0.1) is 13.8 Å². The summed E-state index contributed by atoms with van der Waals surface area (Å²) >= 11 is 3.41. The number of aryl methyl sites for hydroxylation is 2. The van der Waals surface area contributed by atoms with Gasteiger partial charge in [-0.1, -0.05) is 54.6 Å². The fourth-order valence-corrected chi connectivity index (χ4v) is 5.10. The maximum Gasteiger partial charge on any atom is 0.185 e. The zero-order chi connectivity index (χ0) is 20.4. The van der Waals surface area contributed by atoms with E-state index in [1.54, 1.807) is 29.3 Å². The number of thiophene rings is 1. The fraction of sp³-hybridized carbons (Fsp3) is 0.261. The minimum absolute atomic E-state index is 0.636. The molecule has 0 saturated carbocycles. The minimum Gasteiger partial charge on any atom is -0.264 e. The molecule has 2 aromatic heterocycles. The van der Waals surface area contributed by atoms with E-state index < -0.39 is 0 Å². The highest BCUT2D eigenvalue weighted by Crippen LogP contribution is 2.40. The van der Waals surface area contributed by atoms with Crippen molar-refractivity contribution in [3.8, 4) is 0 Å². The third-order valence-corrected chi connectivity index (χ3v) is 6.98. The van der Waals surface area contributed by atoms with E-state index in [1.807, 2.05) is 17.3 Å². The second-order valence-electron chi connectivity index (χ2n) is 7.02. The van der Waals surface area contributed by atoms with Crippen molar-refractivity contribution in [3.05, 3.63) is 81.5 Å². The van der Waals surface area contributed by atoms with Gasteiger partial charge in [0.1, 0.15) is 10.7 Å². The van der Waals surface area contributed by atoms with Gasteiger partial charge in [0, 0.05) is 28.4 Å². The molecule has 0 amide bonds. The maximum absolute atomic E-state index is 5.15. The van der Waals surface area contributed by atoms with Gasteiger partial charge in [0.2, 0.25) is 0 Å². The summed E-state index contributed by atoms with van der Waals surface area (Å²) in [6.45, 7) is 7.15. The Morgan fingerprint density at radius 3 is 2.55 bits per heavy atom. The number of rotatable bonds is 4. The van der Waals surface area contributed by atoms with Gasteiger partial charge >= 0.3 is 0 Å². The highest BCUT2D eigenvalue weighted by molar-refractivity contribution is 8.13. The van der Waals surface area contributed by atoms with Crippen LogP contribution in [0.1, 0.15) is 39.6 Å². The Kier molecular flexibility index (Phi) is 5.83. The summed E-state index contributed by atoms with van der Waals surface area (Å²) in [7, 11) is 0. The van der Waals surface area contributed by atoms with Crippen LogP contribution in [0.3, 0.4) is 0 Å². The van der Waals surface area contributed by atoms with Crippen molar-refractivity contribution in [2.45, 2.75) is 33.7 Å². The molecule has 0 bridgehead atoms. The number of aromatic nitrogens is 1. The molecular weight excluding hydrogens is 396 g/mol. The monoisotopic (exact) mass is 420 g/mol. The Bertz CT molecular complexity index is 1070. The van der Waals surface area contributed by atoms with E-state index in [9.17, 15) is 0 Å². The van der Waals surface area contributed by atoms with Crippen LogP contribution in [0.5, 0.6) is 0 Å². The predicted octanol–water partition coefficient (Wildman–Crippen LogP) is 5.94. The standard InChI is InChI=1S/C23H24N4S2/c1-5-19-16(3)20-21(18-10-8-15(2)9-11-18)26-27(14-17-7-6-12-24-13-17)23(28-4)25-22(20)29-19/h6-13H,5,14H2,1-4H3. The zero-order valence-electron chi connectivity index (χ0n) is 17.1. The van der Waals surface area contributed by atoms with Crippen LogP contribution in [-0.2, 0) is 13.0 Å². The molecule has 3 aromatic rings. The number of benzene rings is 1. The van der Waals surface area contributed by atoms with Gasteiger partial charge in [-0.25, -0.2) is 10.0 Å². The Labute approximate surface area is 180 Å². The van der Waals surface area contributed by atoms with E-state index in [0.29, 0.717) is 6.54 Å². The van der Waals surface area contributed by atoms with Gasteiger partial charge in [-0.2, -0.15) is 5.10 Å². The van der Waals surface area contributed by atoms with Gasteiger partial charge in [0.15, 0.2) is 5.17 Å². The van der Waals surface area contributed by atoms with Crippen molar-refractivity contribution in [2.24, 2.45) is 10.1 Å². The zero-order valence-corrected chi connectivity index (χ0v) is 18.8. The van der Waals surface area contributed by atoms with E-state index in [1.165, 1.54) is 16.0 Å². The maximum atomic E-state index is 5.15. The van der Waals surface area contributed by atoms with Gasteiger partial charge in [0.05, 0.1) is 6.54 Å². The molecule has 3 heterocycles. The summed E-state index contributed by atoms with van der Waals surface area (Å²) in [5.74, 6) is 0. The SMILES string of the molecule is CCc1sc2c(c1C)C(c1ccc(C)cc1)=NN(Cc1cccnc1)C(SC)=N2. The molecule has 29 heavy (non-hydrogen) atoms. The number of pyridine rings is 1. The average Bonchev–Trinajstić information content (AvgIpc) is 2.96. The second kappa shape index (κ2) is 8.51. The average molecular weight is 421 g/mol. The quantitative estimate of drug-likeness (QED) is 0.524. The number of hydrogen-bond acceptors (Lipinski definition) is 6. The molecule has 0 fully saturated rings. The lowest BCUT2D eigenvalue weighted by Crippen LogP contribution is -2.24. The van der Waals surface area contributed by atoms with Gasteiger partial charge in [0.25, 0.3) is 0 Å². The molecule has 0 N–H and O–H groups in total. The molecule has 0 aliphatic carbocycles. The van der Waals surface area contributed by atoms with Crippen LogP contribution in [0.4, 0.5) is 5.00 Å². The van der Waals surface area contributed by atoms with Crippen molar-refractivity contribution in [2.75, 3.05) is 6.26 Å². The van der Waals surface area contributed by atoms with E-state index in [4.69, 9.17) is 10.1 Å². The normalized spacial score (nSPS) is 13.6. The van der Waals surface area contributed by atoms with Crippen LogP contribution in [0.25, 0.3) is 0 Å². The summed E-state index contributed by atoms with van der Waals surface area (Å²) in [5, 5.41) is 9.11. The molecule has 1 aliphatic heterocycles. The van der Waals surface area contributed by atoms with E-state index in [-0.39, 0.29) is 0 Å². The lowest BCUT2D eigenvalue weighted by molar-refractivity contribution is 0.449. The first-order chi connectivity index (χ1) is 14.1. The highest BCUT2D eigenvalue weighted by atomic mass is 32.2. The summed E-state index contributed by atoms with van der Waals surface area (Å²) in [6, 6.07) is 12.6. The number of amidine groups is 1. The summed E-state index contributed by atoms with van der Waals surface area (Å²) in [5.41, 5.74) is 6.92. The van der Waals surface area contributed by atoms with Crippen LogP contribution in [0.2, 0.25) is 0 Å². The summed E-state index contributed by atoms with van der Waals surface area (Å²) in [6.07, 6.45) is 6.75. The lowest BCUT2D eigenvalue weighted by atomic mass is 9.99. The molecule has 0 spiro atoms. The molecule has 4 nitrogen and oxygen atoms in total. The number of aliphatic imine (C=N–C) groups is 1. The van der Waals surface area contributed by atoms with E-state index in [2.05, 4.69) is 62.3 Å². The molecule has 0 atom stereocenters.